The normalized spacial score (nSPS) is 15.7. The molecule has 3 rings (SSSR count). The summed E-state index contributed by atoms with van der Waals surface area (Å²) in [7, 11) is 1.62. The van der Waals surface area contributed by atoms with Gasteiger partial charge in [0.05, 0.1) is 12.8 Å². The minimum Gasteiger partial charge on any atom is -0.497 e. The van der Waals surface area contributed by atoms with Crippen LogP contribution in [0.25, 0.3) is 0 Å². The van der Waals surface area contributed by atoms with Gasteiger partial charge in [0, 0.05) is 22.6 Å². The van der Waals surface area contributed by atoms with Gasteiger partial charge < -0.3 is 15.0 Å². The van der Waals surface area contributed by atoms with Crippen LogP contribution in [0.1, 0.15) is 25.8 Å². The van der Waals surface area contributed by atoms with Crippen LogP contribution in [0.5, 0.6) is 5.75 Å². The zero-order valence-electron chi connectivity index (χ0n) is 15.8. The molecule has 0 radical (unpaired) electrons. The fraction of sp³-hybridized carbons (Fsp3) is 0.333. The Hall–Kier alpha value is -2.47. The number of anilines is 1. The van der Waals surface area contributed by atoms with Gasteiger partial charge in [-0.15, -0.1) is 11.8 Å². The lowest BCUT2D eigenvalue weighted by molar-refractivity contribution is -0.124. The molecule has 0 bridgehead atoms. The third kappa shape index (κ3) is 4.83. The predicted octanol–water partition coefficient (Wildman–Crippen LogP) is 3.62. The number of rotatable bonds is 5. The number of carbonyl (C=O) groups excluding carboxylic acids is 2. The Balaban J connectivity index is 1.69. The molecule has 2 aromatic carbocycles. The van der Waals surface area contributed by atoms with Crippen LogP contribution >= 0.6 is 11.8 Å². The van der Waals surface area contributed by atoms with Crippen LogP contribution < -0.4 is 15.0 Å². The first-order valence-corrected chi connectivity index (χ1v) is 9.68. The molecule has 0 aromatic heterocycles. The number of hydrogen-bond acceptors (Lipinski definition) is 4. The molecule has 1 aliphatic rings. The van der Waals surface area contributed by atoms with Crippen LogP contribution in [0.3, 0.4) is 0 Å². The molecule has 1 N–H and O–H groups in total. The highest BCUT2D eigenvalue weighted by Gasteiger charge is 2.33. The van der Waals surface area contributed by atoms with Crippen LogP contribution in [-0.4, -0.2) is 30.2 Å². The molecule has 2 aromatic rings. The van der Waals surface area contributed by atoms with E-state index in [2.05, 4.69) is 19.2 Å². The smallest absolute Gasteiger partial charge is 0.240 e. The molecule has 0 fully saturated rings. The van der Waals surface area contributed by atoms with E-state index in [9.17, 15) is 9.59 Å². The van der Waals surface area contributed by atoms with Gasteiger partial charge in [-0.1, -0.05) is 24.3 Å². The summed E-state index contributed by atoms with van der Waals surface area (Å²) in [5.41, 5.74) is 1.78. The van der Waals surface area contributed by atoms with Crippen molar-refractivity contribution in [3.63, 3.8) is 0 Å². The molecule has 0 saturated heterocycles. The molecule has 2 amide bonds. The van der Waals surface area contributed by atoms with Crippen LogP contribution in [-0.2, 0) is 16.1 Å². The Morgan fingerprint density at radius 2 is 1.89 bits per heavy atom. The summed E-state index contributed by atoms with van der Waals surface area (Å²) >= 11 is 1.68. The zero-order chi connectivity index (χ0) is 19.4. The van der Waals surface area contributed by atoms with Gasteiger partial charge in [0.1, 0.15) is 12.3 Å². The summed E-state index contributed by atoms with van der Waals surface area (Å²) in [4.78, 5) is 27.9. The minimum atomic E-state index is -0.207. The first kappa shape index (κ1) is 19.3. The summed E-state index contributed by atoms with van der Waals surface area (Å²) in [6.07, 6.45) is 0.387. The SMILES string of the molecule is COc1ccc(CNC(=O)CN2C(=O)CC(C)(C)Sc3ccccc32)cc1. The number of benzene rings is 2. The van der Waals surface area contributed by atoms with Crippen LogP contribution in [0.2, 0.25) is 0 Å². The molecule has 0 atom stereocenters. The quantitative estimate of drug-likeness (QED) is 0.855. The number of thioether (sulfide) groups is 1. The number of fused-ring (bicyclic) bond motifs is 1. The second-order valence-corrected chi connectivity index (χ2v) is 8.86. The Labute approximate surface area is 164 Å². The van der Waals surface area contributed by atoms with Crippen molar-refractivity contribution in [2.24, 2.45) is 0 Å². The van der Waals surface area contributed by atoms with Gasteiger partial charge in [-0.25, -0.2) is 0 Å². The summed E-state index contributed by atoms with van der Waals surface area (Å²) in [6.45, 7) is 4.54. The molecule has 6 heteroatoms. The van der Waals surface area contributed by atoms with E-state index in [1.165, 1.54) is 0 Å². The first-order valence-electron chi connectivity index (χ1n) is 8.86. The number of hydrogen-bond donors (Lipinski definition) is 1. The maximum absolute atomic E-state index is 12.8. The molecular weight excluding hydrogens is 360 g/mol. The van der Waals surface area contributed by atoms with E-state index in [1.54, 1.807) is 23.8 Å². The average Bonchev–Trinajstić information content (AvgIpc) is 2.73. The fourth-order valence-electron chi connectivity index (χ4n) is 3.01. The molecule has 142 valence electrons. The molecule has 0 spiro atoms. The van der Waals surface area contributed by atoms with Gasteiger partial charge in [0.15, 0.2) is 0 Å². The van der Waals surface area contributed by atoms with Gasteiger partial charge in [-0.3, -0.25) is 9.59 Å². The molecule has 0 unspecified atom stereocenters. The van der Waals surface area contributed by atoms with E-state index in [-0.39, 0.29) is 23.1 Å². The van der Waals surface area contributed by atoms with E-state index in [4.69, 9.17) is 4.74 Å². The number of carbonyl (C=O) groups is 2. The van der Waals surface area contributed by atoms with Crippen LogP contribution in [0, 0.1) is 0 Å². The van der Waals surface area contributed by atoms with Crippen molar-refractivity contribution in [2.75, 3.05) is 18.6 Å². The topological polar surface area (TPSA) is 58.6 Å². The lowest BCUT2D eigenvalue weighted by Crippen LogP contribution is -2.41. The minimum absolute atomic E-state index is 0.0165. The summed E-state index contributed by atoms with van der Waals surface area (Å²) in [5.74, 6) is 0.563. The van der Waals surface area contributed by atoms with Crippen molar-refractivity contribution in [1.82, 2.24) is 5.32 Å². The van der Waals surface area contributed by atoms with Crippen molar-refractivity contribution in [2.45, 2.75) is 36.5 Å². The van der Waals surface area contributed by atoms with Crippen molar-refractivity contribution in [3.05, 3.63) is 54.1 Å². The molecule has 0 saturated carbocycles. The number of amides is 2. The average molecular weight is 385 g/mol. The van der Waals surface area contributed by atoms with E-state index in [0.29, 0.717) is 13.0 Å². The summed E-state index contributed by atoms with van der Waals surface area (Å²) < 4.78 is 4.93. The zero-order valence-corrected chi connectivity index (χ0v) is 16.6. The molecular formula is C21H24N2O3S. The molecule has 0 aliphatic carbocycles. The Kier molecular flexibility index (Phi) is 5.75. The highest BCUT2D eigenvalue weighted by atomic mass is 32.2. The molecule has 1 heterocycles. The van der Waals surface area contributed by atoms with Gasteiger partial charge in [-0.2, -0.15) is 0 Å². The Morgan fingerprint density at radius 3 is 2.59 bits per heavy atom. The predicted molar refractivity (Wildman–Crippen MR) is 108 cm³/mol. The highest BCUT2D eigenvalue weighted by Crippen LogP contribution is 2.43. The molecule has 27 heavy (non-hydrogen) atoms. The van der Waals surface area contributed by atoms with Gasteiger partial charge in [0.25, 0.3) is 0 Å². The van der Waals surface area contributed by atoms with E-state index in [1.807, 2.05) is 48.5 Å². The largest absolute Gasteiger partial charge is 0.497 e. The van der Waals surface area contributed by atoms with E-state index in [0.717, 1.165) is 21.9 Å². The second kappa shape index (κ2) is 8.05. The fourth-order valence-corrected chi connectivity index (χ4v) is 4.23. The lowest BCUT2D eigenvalue weighted by atomic mass is 10.1. The van der Waals surface area contributed by atoms with Crippen LogP contribution in [0.4, 0.5) is 5.69 Å². The Morgan fingerprint density at radius 1 is 1.19 bits per heavy atom. The van der Waals surface area contributed by atoms with Crippen molar-refractivity contribution in [3.8, 4) is 5.75 Å². The van der Waals surface area contributed by atoms with Crippen molar-refractivity contribution >= 4 is 29.3 Å². The number of nitrogens with one attached hydrogen (secondary N) is 1. The first-order chi connectivity index (χ1) is 12.9. The van der Waals surface area contributed by atoms with Crippen molar-refractivity contribution in [1.29, 1.82) is 0 Å². The van der Waals surface area contributed by atoms with E-state index < -0.39 is 0 Å². The third-order valence-corrected chi connectivity index (χ3v) is 5.63. The number of nitrogens with zero attached hydrogens (tertiary/aromatic N) is 1. The maximum atomic E-state index is 12.8. The lowest BCUT2D eigenvalue weighted by Gasteiger charge is -2.22. The van der Waals surface area contributed by atoms with Crippen LogP contribution in [0.15, 0.2) is 53.4 Å². The second-order valence-electron chi connectivity index (χ2n) is 7.11. The van der Waals surface area contributed by atoms with Crippen molar-refractivity contribution < 1.29 is 14.3 Å². The third-order valence-electron chi connectivity index (χ3n) is 4.37. The summed E-state index contributed by atoms with van der Waals surface area (Å²) in [5, 5.41) is 2.90. The Bertz CT molecular complexity index is 834. The summed E-state index contributed by atoms with van der Waals surface area (Å²) in [6, 6.07) is 15.3. The van der Waals surface area contributed by atoms with E-state index >= 15 is 0 Å². The maximum Gasteiger partial charge on any atom is 0.240 e. The molecule has 5 nitrogen and oxygen atoms in total. The van der Waals surface area contributed by atoms with Gasteiger partial charge in [0.2, 0.25) is 11.8 Å². The highest BCUT2D eigenvalue weighted by molar-refractivity contribution is 8.00. The molecule has 1 aliphatic heterocycles. The van der Waals surface area contributed by atoms with Gasteiger partial charge >= 0.3 is 0 Å². The standard InChI is InChI=1S/C21H24N2O3S/c1-21(2)12-20(25)23(17-6-4-5-7-18(17)27-21)14-19(24)22-13-15-8-10-16(26-3)11-9-15/h4-11H,12-14H2,1-3H3,(H,22,24). The van der Waals surface area contributed by atoms with Gasteiger partial charge in [-0.05, 0) is 43.7 Å². The number of ether oxygens (including phenoxy) is 1. The number of para-hydroxylation sites is 1. The number of methoxy groups -OCH3 is 1. The monoisotopic (exact) mass is 384 g/mol.